The summed E-state index contributed by atoms with van der Waals surface area (Å²) in [6.07, 6.45) is 2.27. The van der Waals surface area contributed by atoms with Gasteiger partial charge in [0.25, 0.3) is 0 Å². The third-order valence-corrected chi connectivity index (χ3v) is 4.01. The van der Waals surface area contributed by atoms with Gasteiger partial charge < -0.3 is 4.74 Å². The van der Waals surface area contributed by atoms with Gasteiger partial charge in [0.2, 0.25) is 0 Å². The van der Waals surface area contributed by atoms with Gasteiger partial charge >= 0.3 is 0 Å². The van der Waals surface area contributed by atoms with E-state index in [-0.39, 0.29) is 0 Å². The van der Waals surface area contributed by atoms with Crippen LogP contribution in [0.5, 0.6) is 0 Å². The summed E-state index contributed by atoms with van der Waals surface area (Å²) in [7, 11) is 0. The molecule has 1 saturated heterocycles. The van der Waals surface area contributed by atoms with Crippen LogP contribution in [0.4, 0.5) is 0 Å². The molecule has 0 aliphatic carbocycles. The summed E-state index contributed by atoms with van der Waals surface area (Å²) in [4.78, 5) is 0. The first kappa shape index (κ1) is 12.4. The van der Waals surface area contributed by atoms with Gasteiger partial charge in [-0.1, -0.05) is 60.7 Å². The van der Waals surface area contributed by atoms with Crippen LogP contribution in [-0.2, 0) is 17.6 Å². The van der Waals surface area contributed by atoms with E-state index in [2.05, 4.69) is 60.7 Å². The normalized spacial score (nSPS) is 22.5. The molecule has 0 bridgehead atoms. The maximum absolute atomic E-state index is 5.71. The summed E-state index contributed by atoms with van der Waals surface area (Å²) in [5.74, 6) is 1.31. The molecule has 3 rings (SSSR count). The van der Waals surface area contributed by atoms with Crippen LogP contribution in [0, 0.1) is 11.8 Å². The van der Waals surface area contributed by atoms with Crippen LogP contribution < -0.4 is 0 Å². The first-order valence-electron chi connectivity index (χ1n) is 7.07. The van der Waals surface area contributed by atoms with Crippen LogP contribution in [0.1, 0.15) is 11.1 Å². The summed E-state index contributed by atoms with van der Waals surface area (Å²) in [6, 6.07) is 21.5. The zero-order chi connectivity index (χ0) is 12.9. The second-order valence-electron chi connectivity index (χ2n) is 5.44. The molecule has 1 nitrogen and oxygen atoms in total. The highest BCUT2D eigenvalue weighted by Gasteiger charge is 2.28. The van der Waals surface area contributed by atoms with E-state index in [4.69, 9.17) is 4.74 Å². The molecule has 1 heteroatoms. The minimum Gasteiger partial charge on any atom is -0.381 e. The predicted molar refractivity (Wildman–Crippen MR) is 78.1 cm³/mol. The number of hydrogen-bond donors (Lipinski definition) is 0. The van der Waals surface area contributed by atoms with Crippen LogP contribution in [-0.4, -0.2) is 13.2 Å². The molecule has 98 valence electrons. The highest BCUT2D eigenvalue weighted by molar-refractivity contribution is 5.18. The lowest BCUT2D eigenvalue weighted by Crippen LogP contribution is -2.17. The number of rotatable bonds is 4. The quantitative estimate of drug-likeness (QED) is 0.805. The molecular formula is C18H20O. The maximum Gasteiger partial charge on any atom is 0.0501 e. The van der Waals surface area contributed by atoms with Crippen molar-refractivity contribution in [2.75, 3.05) is 13.2 Å². The molecular weight excluding hydrogens is 232 g/mol. The standard InChI is InChI=1S/C18H20O/c1-3-7-15(8-4-1)11-17-13-19-14-18(17)12-16-9-5-2-6-10-16/h1-10,17-18H,11-14H2/t17-,18-/m0/s1. The van der Waals surface area contributed by atoms with Gasteiger partial charge in [-0.3, -0.25) is 0 Å². The van der Waals surface area contributed by atoms with Crippen molar-refractivity contribution in [2.24, 2.45) is 11.8 Å². The van der Waals surface area contributed by atoms with Crippen molar-refractivity contribution in [2.45, 2.75) is 12.8 Å². The maximum atomic E-state index is 5.71. The molecule has 0 N–H and O–H groups in total. The molecule has 1 fully saturated rings. The van der Waals surface area contributed by atoms with E-state index in [1.165, 1.54) is 11.1 Å². The van der Waals surface area contributed by atoms with Gasteiger partial charge in [0.15, 0.2) is 0 Å². The Labute approximate surface area is 115 Å². The molecule has 2 atom stereocenters. The largest absolute Gasteiger partial charge is 0.381 e. The highest BCUT2D eigenvalue weighted by atomic mass is 16.5. The van der Waals surface area contributed by atoms with Gasteiger partial charge in [0, 0.05) is 0 Å². The molecule has 0 spiro atoms. The van der Waals surface area contributed by atoms with E-state index >= 15 is 0 Å². The average Bonchev–Trinajstić information content (AvgIpc) is 2.88. The molecule has 0 radical (unpaired) electrons. The summed E-state index contributed by atoms with van der Waals surface area (Å²) in [6.45, 7) is 1.82. The van der Waals surface area contributed by atoms with Crippen LogP contribution >= 0.6 is 0 Å². The van der Waals surface area contributed by atoms with Crippen molar-refractivity contribution in [1.82, 2.24) is 0 Å². The van der Waals surface area contributed by atoms with Gasteiger partial charge in [-0.05, 0) is 35.8 Å². The van der Waals surface area contributed by atoms with Crippen LogP contribution in [0.25, 0.3) is 0 Å². The molecule has 1 heterocycles. The third-order valence-electron chi connectivity index (χ3n) is 4.01. The third kappa shape index (κ3) is 3.24. The first-order chi connectivity index (χ1) is 9.42. The van der Waals surface area contributed by atoms with Crippen molar-refractivity contribution in [1.29, 1.82) is 0 Å². The lowest BCUT2D eigenvalue weighted by molar-refractivity contribution is 0.180. The Hall–Kier alpha value is -1.60. The van der Waals surface area contributed by atoms with Crippen molar-refractivity contribution < 1.29 is 4.74 Å². The van der Waals surface area contributed by atoms with E-state index in [0.29, 0.717) is 11.8 Å². The fourth-order valence-electron chi connectivity index (χ4n) is 2.93. The second-order valence-corrected chi connectivity index (χ2v) is 5.44. The minimum atomic E-state index is 0.655. The molecule has 19 heavy (non-hydrogen) atoms. The zero-order valence-electron chi connectivity index (χ0n) is 11.2. The van der Waals surface area contributed by atoms with Gasteiger partial charge in [-0.25, -0.2) is 0 Å². The van der Waals surface area contributed by atoms with Gasteiger partial charge in [-0.2, -0.15) is 0 Å². The summed E-state index contributed by atoms with van der Waals surface area (Å²) < 4.78 is 5.71. The summed E-state index contributed by atoms with van der Waals surface area (Å²) in [5, 5.41) is 0. The molecule has 2 aromatic carbocycles. The Morgan fingerprint density at radius 2 is 1.11 bits per heavy atom. The Morgan fingerprint density at radius 3 is 1.53 bits per heavy atom. The topological polar surface area (TPSA) is 9.23 Å². The average molecular weight is 252 g/mol. The van der Waals surface area contributed by atoms with Gasteiger partial charge in [0.1, 0.15) is 0 Å². The second kappa shape index (κ2) is 6.03. The van der Waals surface area contributed by atoms with Crippen molar-refractivity contribution in [3.8, 4) is 0 Å². The van der Waals surface area contributed by atoms with Crippen LogP contribution in [0.15, 0.2) is 60.7 Å². The molecule has 1 aliphatic rings. The number of benzene rings is 2. The Morgan fingerprint density at radius 1 is 0.684 bits per heavy atom. The summed E-state index contributed by atoms with van der Waals surface area (Å²) >= 11 is 0. The van der Waals surface area contributed by atoms with Crippen molar-refractivity contribution in [3.63, 3.8) is 0 Å². The van der Waals surface area contributed by atoms with E-state index in [0.717, 1.165) is 26.1 Å². The zero-order valence-corrected chi connectivity index (χ0v) is 11.2. The van der Waals surface area contributed by atoms with Gasteiger partial charge in [-0.15, -0.1) is 0 Å². The molecule has 0 aromatic heterocycles. The van der Waals surface area contributed by atoms with Crippen molar-refractivity contribution >= 4 is 0 Å². The molecule has 0 amide bonds. The Bertz CT molecular complexity index is 444. The Kier molecular flexibility index (Phi) is 3.95. The van der Waals surface area contributed by atoms with Crippen LogP contribution in [0.3, 0.4) is 0 Å². The monoisotopic (exact) mass is 252 g/mol. The SMILES string of the molecule is c1ccc(C[C@H]2COC[C@@H]2Cc2ccccc2)cc1. The number of hydrogen-bond acceptors (Lipinski definition) is 1. The Balaban J connectivity index is 1.65. The lowest BCUT2D eigenvalue weighted by atomic mass is 9.85. The molecule has 2 aromatic rings. The van der Waals surface area contributed by atoms with E-state index in [1.54, 1.807) is 0 Å². The highest BCUT2D eigenvalue weighted by Crippen LogP contribution is 2.27. The van der Waals surface area contributed by atoms with E-state index in [9.17, 15) is 0 Å². The minimum absolute atomic E-state index is 0.655. The first-order valence-corrected chi connectivity index (χ1v) is 7.07. The molecule has 0 saturated carbocycles. The predicted octanol–water partition coefficient (Wildman–Crippen LogP) is 3.73. The lowest BCUT2D eigenvalue weighted by Gasteiger charge is -2.17. The van der Waals surface area contributed by atoms with E-state index < -0.39 is 0 Å². The van der Waals surface area contributed by atoms with Crippen molar-refractivity contribution in [3.05, 3.63) is 71.8 Å². The fraction of sp³-hybridized carbons (Fsp3) is 0.333. The number of ether oxygens (including phenoxy) is 1. The fourth-order valence-corrected chi connectivity index (χ4v) is 2.93. The smallest absolute Gasteiger partial charge is 0.0501 e. The van der Waals surface area contributed by atoms with E-state index in [1.807, 2.05) is 0 Å². The van der Waals surface area contributed by atoms with Crippen LogP contribution in [0.2, 0.25) is 0 Å². The van der Waals surface area contributed by atoms with Gasteiger partial charge in [0.05, 0.1) is 13.2 Å². The molecule has 1 aliphatic heterocycles. The molecule has 0 unspecified atom stereocenters. The summed E-state index contributed by atoms with van der Waals surface area (Å²) in [5.41, 5.74) is 2.85.